The average Bonchev–Trinajstić information content (AvgIpc) is 3.41. The Labute approximate surface area is 153 Å². The topological polar surface area (TPSA) is 122 Å². The van der Waals surface area contributed by atoms with Gasteiger partial charge in [0.25, 0.3) is 0 Å². The lowest BCUT2D eigenvalue weighted by Gasteiger charge is -2.08. The van der Waals surface area contributed by atoms with Crippen molar-refractivity contribution in [3.63, 3.8) is 0 Å². The smallest absolute Gasteiger partial charge is 0.330 e. The molecule has 0 amide bonds. The molecule has 2 heterocycles. The van der Waals surface area contributed by atoms with Crippen LogP contribution in [0.25, 0.3) is 0 Å². The second-order valence-electron chi connectivity index (χ2n) is 6.27. The molecule has 1 aliphatic rings. The lowest BCUT2D eigenvalue weighted by molar-refractivity contribution is -0.384. The van der Waals surface area contributed by atoms with Gasteiger partial charge in [0.05, 0.1) is 4.92 Å². The summed E-state index contributed by atoms with van der Waals surface area (Å²) in [5, 5.41) is 24.2. The molecule has 10 heteroatoms. The van der Waals surface area contributed by atoms with Crippen LogP contribution in [0.5, 0.6) is 0 Å². The number of nitrogens with one attached hydrogen (secondary N) is 3. The zero-order valence-electron chi connectivity index (χ0n) is 14.1. The first-order valence-corrected chi connectivity index (χ1v) is 8.40. The van der Waals surface area contributed by atoms with E-state index in [4.69, 9.17) is 0 Å². The molecule has 0 spiro atoms. The predicted molar refractivity (Wildman–Crippen MR) is 96.3 cm³/mol. The Hall–Kier alpha value is -3.56. The van der Waals surface area contributed by atoms with E-state index in [0.29, 0.717) is 18.3 Å². The number of halogens is 1. The van der Waals surface area contributed by atoms with Crippen LogP contribution >= 0.6 is 0 Å². The zero-order valence-corrected chi connectivity index (χ0v) is 14.1. The summed E-state index contributed by atoms with van der Waals surface area (Å²) < 4.78 is 13.0. The van der Waals surface area contributed by atoms with E-state index in [1.165, 1.54) is 12.1 Å². The maximum atomic E-state index is 13.0. The van der Waals surface area contributed by atoms with Gasteiger partial charge in [0.1, 0.15) is 12.0 Å². The highest BCUT2D eigenvalue weighted by Gasteiger charge is 2.26. The fraction of sp³-hybridized carbons (Fsp3) is 0.235. The highest BCUT2D eigenvalue weighted by atomic mass is 19.1. The van der Waals surface area contributed by atoms with E-state index < -0.39 is 4.92 Å². The Kier molecular flexibility index (Phi) is 4.37. The molecule has 3 aromatic rings. The lowest BCUT2D eigenvalue weighted by Crippen LogP contribution is -2.07. The number of hydrogen-bond acceptors (Lipinski definition) is 7. The number of aromatic amines is 1. The van der Waals surface area contributed by atoms with Crippen molar-refractivity contribution in [2.24, 2.45) is 0 Å². The van der Waals surface area contributed by atoms with Crippen molar-refractivity contribution in [1.82, 2.24) is 20.2 Å². The van der Waals surface area contributed by atoms with Gasteiger partial charge >= 0.3 is 5.69 Å². The molecule has 1 saturated carbocycles. The van der Waals surface area contributed by atoms with Gasteiger partial charge in [0, 0.05) is 24.2 Å². The first-order valence-electron chi connectivity index (χ1n) is 8.40. The van der Waals surface area contributed by atoms with Gasteiger partial charge in [-0.25, -0.2) is 9.37 Å². The minimum absolute atomic E-state index is 0.0467. The number of aromatic nitrogens is 4. The monoisotopic (exact) mass is 369 g/mol. The summed E-state index contributed by atoms with van der Waals surface area (Å²) in [6.45, 7) is 0.353. The predicted octanol–water partition coefficient (Wildman–Crippen LogP) is 3.48. The van der Waals surface area contributed by atoms with Gasteiger partial charge in [-0.2, -0.15) is 10.1 Å². The van der Waals surface area contributed by atoms with Crippen LogP contribution in [0, 0.1) is 15.9 Å². The van der Waals surface area contributed by atoms with Gasteiger partial charge in [-0.1, -0.05) is 12.1 Å². The zero-order chi connectivity index (χ0) is 18.8. The molecule has 3 N–H and O–H groups in total. The van der Waals surface area contributed by atoms with E-state index in [1.54, 1.807) is 12.1 Å². The van der Waals surface area contributed by atoms with Crippen molar-refractivity contribution >= 4 is 23.3 Å². The third kappa shape index (κ3) is 4.00. The van der Waals surface area contributed by atoms with E-state index in [9.17, 15) is 14.5 Å². The van der Waals surface area contributed by atoms with Crippen molar-refractivity contribution in [3.05, 3.63) is 63.7 Å². The normalized spacial score (nSPS) is 13.4. The van der Waals surface area contributed by atoms with Gasteiger partial charge in [0.15, 0.2) is 5.82 Å². The molecule has 1 fully saturated rings. The average molecular weight is 369 g/mol. The van der Waals surface area contributed by atoms with E-state index in [0.717, 1.165) is 30.3 Å². The van der Waals surface area contributed by atoms with Gasteiger partial charge in [-0.3, -0.25) is 15.2 Å². The molecule has 0 radical (unpaired) electrons. The molecule has 0 unspecified atom stereocenters. The number of rotatable bonds is 7. The van der Waals surface area contributed by atoms with Gasteiger partial charge < -0.3 is 10.6 Å². The molecular formula is C17H16FN7O2. The maximum absolute atomic E-state index is 13.0. The highest BCUT2D eigenvalue weighted by molar-refractivity contribution is 5.64. The van der Waals surface area contributed by atoms with E-state index >= 15 is 0 Å². The van der Waals surface area contributed by atoms with Crippen LogP contribution in [0.4, 0.5) is 27.7 Å². The third-order valence-electron chi connectivity index (χ3n) is 4.19. The summed E-state index contributed by atoms with van der Waals surface area (Å²) in [4.78, 5) is 18.9. The number of nitro groups is 1. The molecule has 4 rings (SSSR count). The maximum Gasteiger partial charge on any atom is 0.330 e. The Morgan fingerprint density at radius 2 is 2.07 bits per heavy atom. The van der Waals surface area contributed by atoms with Crippen LogP contribution in [0.2, 0.25) is 0 Å². The number of H-pyrrole nitrogens is 1. The first kappa shape index (κ1) is 16.9. The number of hydrogen-bond donors (Lipinski definition) is 3. The molecule has 27 heavy (non-hydrogen) atoms. The molecule has 1 aromatic carbocycles. The number of benzene rings is 1. The van der Waals surface area contributed by atoms with Crippen molar-refractivity contribution in [3.8, 4) is 0 Å². The van der Waals surface area contributed by atoms with Crippen LogP contribution in [-0.4, -0.2) is 25.1 Å². The van der Waals surface area contributed by atoms with Crippen molar-refractivity contribution in [1.29, 1.82) is 0 Å². The summed E-state index contributed by atoms with van der Waals surface area (Å²) in [6.07, 6.45) is 3.37. The van der Waals surface area contributed by atoms with Gasteiger partial charge in [0.2, 0.25) is 11.8 Å². The summed E-state index contributed by atoms with van der Waals surface area (Å²) >= 11 is 0. The molecule has 9 nitrogen and oxygen atoms in total. The van der Waals surface area contributed by atoms with Gasteiger partial charge in [-0.05, 0) is 30.5 Å². The van der Waals surface area contributed by atoms with Crippen molar-refractivity contribution < 1.29 is 9.31 Å². The third-order valence-corrected chi connectivity index (χ3v) is 4.19. The second kappa shape index (κ2) is 6.98. The lowest BCUT2D eigenvalue weighted by atomic mass is 10.2. The second-order valence-corrected chi connectivity index (χ2v) is 6.27. The Bertz CT molecular complexity index is 970. The summed E-state index contributed by atoms with van der Waals surface area (Å²) in [6, 6.07) is 7.81. The van der Waals surface area contributed by atoms with Crippen LogP contribution < -0.4 is 10.6 Å². The molecule has 0 saturated heterocycles. The molecule has 0 bridgehead atoms. The fourth-order valence-electron chi connectivity index (χ4n) is 2.60. The largest absolute Gasteiger partial charge is 0.350 e. The summed E-state index contributed by atoms with van der Waals surface area (Å²) in [5.74, 6) is 0.891. The fourth-order valence-corrected chi connectivity index (χ4v) is 2.60. The molecular weight excluding hydrogens is 353 g/mol. The Morgan fingerprint density at radius 1 is 1.30 bits per heavy atom. The van der Waals surface area contributed by atoms with Crippen LogP contribution in [0.1, 0.15) is 30.0 Å². The molecule has 0 atom stereocenters. The van der Waals surface area contributed by atoms with E-state index in [2.05, 4.69) is 30.8 Å². The first-order chi connectivity index (χ1) is 13.1. The van der Waals surface area contributed by atoms with Crippen LogP contribution in [-0.2, 0) is 6.54 Å². The Morgan fingerprint density at radius 3 is 2.78 bits per heavy atom. The highest BCUT2D eigenvalue weighted by Crippen LogP contribution is 2.39. The Balaban J connectivity index is 1.51. The van der Waals surface area contributed by atoms with E-state index in [1.807, 2.05) is 6.07 Å². The molecule has 0 aliphatic heterocycles. The van der Waals surface area contributed by atoms with E-state index in [-0.39, 0.29) is 23.3 Å². The quantitative estimate of drug-likeness (QED) is 0.430. The molecule has 138 valence electrons. The van der Waals surface area contributed by atoms with Crippen molar-refractivity contribution in [2.45, 2.75) is 25.3 Å². The van der Waals surface area contributed by atoms with Gasteiger partial charge in [-0.15, -0.1) is 0 Å². The minimum atomic E-state index is -0.555. The number of anilines is 3. The van der Waals surface area contributed by atoms with Crippen molar-refractivity contribution in [2.75, 3.05) is 10.6 Å². The minimum Gasteiger partial charge on any atom is -0.350 e. The molecule has 2 aromatic heterocycles. The number of nitrogens with zero attached hydrogens (tertiary/aromatic N) is 4. The van der Waals surface area contributed by atoms with Crippen LogP contribution in [0.3, 0.4) is 0 Å². The molecule has 1 aliphatic carbocycles. The summed E-state index contributed by atoms with van der Waals surface area (Å²) in [7, 11) is 0. The standard InChI is InChI=1S/C17H16FN7O2/c18-12-5-1-10(2-6-12)8-19-17-20-9-14(25(26)27)16(22-17)21-15-7-13(23-24-15)11-3-4-11/h1-2,5-7,9,11H,3-4,8H2,(H3,19,20,21,22,23,24). The SMILES string of the molecule is O=[N+]([O-])c1cnc(NCc2ccc(F)cc2)nc1Nc1cc(C2CC2)[nH]n1. The summed E-state index contributed by atoms with van der Waals surface area (Å²) in [5.41, 5.74) is 1.58. The van der Waals surface area contributed by atoms with Crippen LogP contribution in [0.15, 0.2) is 36.5 Å².